The van der Waals surface area contributed by atoms with Gasteiger partial charge in [0.05, 0.1) is 5.60 Å². The van der Waals surface area contributed by atoms with E-state index in [4.69, 9.17) is 0 Å². The first-order valence-electron chi connectivity index (χ1n) is 7.71. The smallest absolute Gasteiger partial charge is 0.0718 e. The highest BCUT2D eigenvalue weighted by Gasteiger charge is 2.47. The highest BCUT2D eigenvalue weighted by Crippen LogP contribution is 2.48. The number of benzene rings is 1. The van der Waals surface area contributed by atoms with Gasteiger partial charge in [0.15, 0.2) is 0 Å². The molecule has 0 aliphatic heterocycles. The van der Waals surface area contributed by atoms with Crippen LogP contribution in [0.25, 0.3) is 0 Å². The van der Waals surface area contributed by atoms with E-state index in [1.54, 1.807) is 0 Å². The van der Waals surface area contributed by atoms with E-state index in [-0.39, 0.29) is 5.41 Å². The van der Waals surface area contributed by atoms with E-state index in [1.807, 2.05) is 0 Å². The second-order valence-electron chi connectivity index (χ2n) is 7.68. The zero-order valence-electron chi connectivity index (χ0n) is 12.5. The minimum absolute atomic E-state index is 0.283. The van der Waals surface area contributed by atoms with Crippen LogP contribution in [0.3, 0.4) is 0 Å². The summed E-state index contributed by atoms with van der Waals surface area (Å²) in [4.78, 5) is 0. The van der Waals surface area contributed by atoms with Gasteiger partial charge in [-0.25, -0.2) is 0 Å². The Morgan fingerprint density at radius 2 is 1.95 bits per heavy atom. The second kappa shape index (κ2) is 4.34. The molecule has 0 aromatic heterocycles. The zero-order valence-corrected chi connectivity index (χ0v) is 12.5. The highest BCUT2D eigenvalue weighted by atomic mass is 16.3. The lowest BCUT2D eigenvalue weighted by Crippen LogP contribution is -2.34. The number of rotatable bonds is 2. The molecule has 1 aromatic carbocycles. The Morgan fingerprint density at radius 1 is 1.21 bits per heavy atom. The van der Waals surface area contributed by atoms with Crippen molar-refractivity contribution in [3.8, 4) is 0 Å². The third-order valence-corrected chi connectivity index (χ3v) is 5.23. The lowest BCUT2D eigenvalue weighted by atomic mass is 9.84. The molecule has 104 valence electrons. The Kier molecular flexibility index (Phi) is 3.01. The van der Waals surface area contributed by atoms with Crippen molar-refractivity contribution in [1.82, 2.24) is 0 Å². The highest BCUT2D eigenvalue weighted by molar-refractivity contribution is 5.36. The van der Waals surface area contributed by atoms with Crippen LogP contribution in [0.5, 0.6) is 0 Å². The van der Waals surface area contributed by atoms with Crippen molar-refractivity contribution in [2.75, 3.05) is 0 Å². The SMILES string of the molecule is CC1CC(C)(C)CC1(O)Cc1ccc2c(c1)CCC2. The largest absolute Gasteiger partial charge is 0.389 e. The summed E-state index contributed by atoms with van der Waals surface area (Å²) in [5, 5.41) is 11.0. The number of aliphatic hydroxyl groups is 1. The van der Waals surface area contributed by atoms with Gasteiger partial charge in [-0.15, -0.1) is 0 Å². The molecular formula is C18H26O. The first-order chi connectivity index (χ1) is 8.88. The van der Waals surface area contributed by atoms with E-state index in [0.29, 0.717) is 5.92 Å². The Balaban J connectivity index is 1.81. The Hall–Kier alpha value is -0.820. The van der Waals surface area contributed by atoms with Gasteiger partial charge >= 0.3 is 0 Å². The predicted octanol–water partition coefficient (Wildman–Crippen LogP) is 3.91. The average molecular weight is 258 g/mol. The molecule has 2 atom stereocenters. The molecule has 2 unspecified atom stereocenters. The van der Waals surface area contributed by atoms with Crippen LogP contribution in [0.1, 0.15) is 56.7 Å². The first-order valence-corrected chi connectivity index (χ1v) is 7.71. The monoisotopic (exact) mass is 258 g/mol. The molecule has 0 radical (unpaired) electrons. The molecule has 3 rings (SSSR count). The number of fused-ring (bicyclic) bond motifs is 1. The second-order valence-corrected chi connectivity index (χ2v) is 7.68. The summed E-state index contributed by atoms with van der Waals surface area (Å²) in [5.74, 6) is 0.399. The maximum atomic E-state index is 11.0. The van der Waals surface area contributed by atoms with Gasteiger partial charge in [-0.3, -0.25) is 0 Å². The van der Waals surface area contributed by atoms with E-state index in [1.165, 1.54) is 36.0 Å². The third-order valence-electron chi connectivity index (χ3n) is 5.23. The molecule has 19 heavy (non-hydrogen) atoms. The van der Waals surface area contributed by atoms with Crippen molar-refractivity contribution >= 4 is 0 Å². The molecular weight excluding hydrogens is 232 g/mol. The average Bonchev–Trinajstić information content (AvgIpc) is 2.81. The van der Waals surface area contributed by atoms with Crippen molar-refractivity contribution in [2.24, 2.45) is 11.3 Å². The zero-order chi connectivity index (χ0) is 13.7. The van der Waals surface area contributed by atoms with Crippen LogP contribution in [0.2, 0.25) is 0 Å². The number of aryl methyl sites for hydroxylation is 2. The van der Waals surface area contributed by atoms with Crippen LogP contribution < -0.4 is 0 Å². The van der Waals surface area contributed by atoms with Crippen LogP contribution in [0.4, 0.5) is 0 Å². The predicted molar refractivity (Wildman–Crippen MR) is 79.3 cm³/mol. The van der Waals surface area contributed by atoms with Crippen LogP contribution in [0, 0.1) is 11.3 Å². The minimum atomic E-state index is -0.504. The standard InChI is InChI=1S/C18H26O/c1-13-10-17(2,3)12-18(13,19)11-14-7-8-15-5-4-6-16(15)9-14/h7-9,13,19H,4-6,10-12H2,1-3H3. The fourth-order valence-corrected chi connectivity index (χ4v) is 4.42. The molecule has 0 saturated heterocycles. The number of hydrogen-bond acceptors (Lipinski definition) is 1. The lowest BCUT2D eigenvalue weighted by molar-refractivity contribution is 0.00444. The van der Waals surface area contributed by atoms with Crippen LogP contribution in [0.15, 0.2) is 18.2 Å². The van der Waals surface area contributed by atoms with Gasteiger partial charge in [-0.1, -0.05) is 39.0 Å². The van der Waals surface area contributed by atoms with Crippen LogP contribution in [-0.4, -0.2) is 10.7 Å². The van der Waals surface area contributed by atoms with Crippen LogP contribution in [-0.2, 0) is 19.3 Å². The molecule has 1 fully saturated rings. The molecule has 0 amide bonds. The summed E-state index contributed by atoms with van der Waals surface area (Å²) in [6, 6.07) is 6.87. The van der Waals surface area contributed by atoms with Crippen molar-refractivity contribution in [1.29, 1.82) is 0 Å². The van der Waals surface area contributed by atoms with Gasteiger partial charge in [-0.05, 0) is 60.1 Å². The van der Waals surface area contributed by atoms with Gasteiger partial charge in [0.2, 0.25) is 0 Å². The Morgan fingerprint density at radius 3 is 2.63 bits per heavy atom. The van der Waals surface area contributed by atoms with E-state index in [9.17, 15) is 5.11 Å². The summed E-state index contributed by atoms with van der Waals surface area (Å²) in [7, 11) is 0. The quantitative estimate of drug-likeness (QED) is 0.853. The fraction of sp³-hybridized carbons (Fsp3) is 0.667. The van der Waals surface area contributed by atoms with Gasteiger partial charge < -0.3 is 5.11 Å². The molecule has 2 aliphatic carbocycles. The minimum Gasteiger partial charge on any atom is -0.389 e. The summed E-state index contributed by atoms with van der Waals surface area (Å²) in [6.45, 7) is 6.77. The van der Waals surface area contributed by atoms with Crippen LogP contribution >= 0.6 is 0 Å². The normalized spacial score (nSPS) is 32.5. The summed E-state index contributed by atoms with van der Waals surface area (Å²) in [5.41, 5.74) is 4.15. The molecule has 0 bridgehead atoms. The fourth-order valence-electron chi connectivity index (χ4n) is 4.42. The first kappa shape index (κ1) is 13.2. The van der Waals surface area contributed by atoms with Crippen molar-refractivity contribution in [2.45, 2.75) is 64.9 Å². The van der Waals surface area contributed by atoms with E-state index in [0.717, 1.165) is 19.3 Å². The summed E-state index contributed by atoms with van der Waals surface area (Å²) < 4.78 is 0. The molecule has 1 heteroatoms. The van der Waals surface area contributed by atoms with Crippen molar-refractivity contribution in [3.63, 3.8) is 0 Å². The molecule has 1 saturated carbocycles. The summed E-state index contributed by atoms with van der Waals surface area (Å²) in [6.07, 6.45) is 6.65. The van der Waals surface area contributed by atoms with Gasteiger partial charge in [0.25, 0.3) is 0 Å². The third kappa shape index (κ3) is 2.45. The van der Waals surface area contributed by atoms with E-state index < -0.39 is 5.60 Å². The lowest BCUT2D eigenvalue weighted by Gasteiger charge is -2.29. The van der Waals surface area contributed by atoms with E-state index in [2.05, 4.69) is 39.0 Å². The number of hydrogen-bond donors (Lipinski definition) is 1. The molecule has 1 nitrogen and oxygen atoms in total. The molecule has 0 heterocycles. The molecule has 1 N–H and O–H groups in total. The maximum Gasteiger partial charge on any atom is 0.0718 e. The molecule has 0 spiro atoms. The molecule has 2 aliphatic rings. The Labute approximate surface area is 117 Å². The topological polar surface area (TPSA) is 20.2 Å². The molecule has 1 aromatic rings. The van der Waals surface area contributed by atoms with Gasteiger partial charge in [0, 0.05) is 6.42 Å². The van der Waals surface area contributed by atoms with Gasteiger partial charge in [-0.2, -0.15) is 0 Å². The van der Waals surface area contributed by atoms with E-state index >= 15 is 0 Å². The van der Waals surface area contributed by atoms with Crippen molar-refractivity contribution in [3.05, 3.63) is 34.9 Å². The Bertz CT molecular complexity index is 488. The maximum absolute atomic E-state index is 11.0. The van der Waals surface area contributed by atoms with Gasteiger partial charge in [0.1, 0.15) is 0 Å². The van der Waals surface area contributed by atoms with Crippen molar-refractivity contribution < 1.29 is 5.11 Å². The summed E-state index contributed by atoms with van der Waals surface area (Å²) >= 11 is 0.